The van der Waals surface area contributed by atoms with Crippen LogP contribution in [0.1, 0.15) is 37.2 Å². The minimum atomic E-state index is -0.728. The van der Waals surface area contributed by atoms with Crippen molar-refractivity contribution in [3.05, 3.63) is 29.8 Å². The average Bonchev–Trinajstić information content (AvgIpc) is 3.08. The number of hydrogen-bond acceptors (Lipinski definition) is 2. The standard InChI is InChI=1S/C16H22FNO/c1-19-14-8-6-12(7-9-14)15-10-18(11-16(15)17)13-4-2-3-5-13/h6-9,13,15-16H,2-5,10-11H2,1H3/t15-,16-/m0/s1. The molecule has 3 heteroatoms. The minimum absolute atomic E-state index is 0.0338. The molecule has 1 aromatic carbocycles. The highest BCUT2D eigenvalue weighted by Crippen LogP contribution is 2.35. The molecule has 1 aliphatic carbocycles. The summed E-state index contributed by atoms with van der Waals surface area (Å²) < 4.78 is 19.4. The molecular weight excluding hydrogens is 241 g/mol. The Morgan fingerprint density at radius 1 is 1.11 bits per heavy atom. The zero-order valence-corrected chi connectivity index (χ0v) is 11.5. The van der Waals surface area contributed by atoms with Crippen molar-refractivity contribution >= 4 is 0 Å². The van der Waals surface area contributed by atoms with Crippen LogP contribution in [-0.2, 0) is 0 Å². The van der Waals surface area contributed by atoms with Gasteiger partial charge in [-0.05, 0) is 30.5 Å². The van der Waals surface area contributed by atoms with Gasteiger partial charge in [0.2, 0.25) is 0 Å². The van der Waals surface area contributed by atoms with Crippen molar-refractivity contribution in [2.75, 3.05) is 20.2 Å². The number of benzene rings is 1. The summed E-state index contributed by atoms with van der Waals surface area (Å²) in [5, 5.41) is 0. The molecular formula is C16H22FNO. The molecule has 1 saturated heterocycles. The van der Waals surface area contributed by atoms with E-state index in [1.165, 1.54) is 25.7 Å². The van der Waals surface area contributed by atoms with Crippen LogP contribution in [0.4, 0.5) is 4.39 Å². The fourth-order valence-corrected chi connectivity index (χ4v) is 3.53. The number of likely N-dealkylation sites (tertiary alicyclic amines) is 1. The van der Waals surface area contributed by atoms with E-state index in [1.54, 1.807) is 7.11 Å². The highest BCUT2D eigenvalue weighted by atomic mass is 19.1. The second-order valence-corrected chi connectivity index (χ2v) is 5.79. The van der Waals surface area contributed by atoms with Gasteiger partial charge in [-0.2, -0.15) is 0 Å². The molecule has 1 aromatic rings. The van der Waals surface area contributed by atoms with Gasteiger partial charge in [0.25, 0.3) is 0 Å². The van der Waals surface area contributed by atoms with E-state index in [9.17, 15) is 4.39 Å². The van der Waals surface area contributed by atoms with Gasteiger partial charge in [0, 0.05) is 25.0 Å². The van der Waals surface area contributed by atoms with Crippen LogP contribution in [0.2, 0.25) is 0 Å². The Hall–Kier alpha value is -1.09. The highest BCUT2D eigenvalue weighted by molar-refractivity contribution is 5.31. The Kier molecular flexibility index (Phi) is 3.74. The first-order chi connectivity index (χ1) is 9.28. The average molecular weight is 263 g/mol. The largest absolute Gasteiger partial charge is 0.497 e. The van der Waals surface area contributed by atoms with Crippen molar-refractivity contribution in [2.45, 2.75) is 43.8 Å². The van der Waals surface area contributed by atoms with E-state index in [2.05, 4.69) is 4.90 Å². The molecule has 2 fully saturated rings. The molecule has 0 N–H and O–H groups in total. The van der Waals surface area contributed by atoms with E-state index in [0.717, 1.165) is 17.9 Å². The van der Waals surface area contributed by atoms with E-state index in [0.29, 0.717) is 12.6 Å². The molecule has 1 aliphatic heterocycles. The lowest BCUT2D eigenvalue weighted by Gasteiger charge is -2.23. The molecule has 2 aliphatic rings. The Bertz CT molecular complexity index is 413. The van der Waals surface area contributed by atoms with Gasteiger partial charge in [-0.3, -0.25) is 4.90 Å². The first-order valence-electron chi connectivity index (χ1n) is 7.30. The third-order valence-electron chi connectivity index (χ3n) is 4.66. The van der Waals surface area contributed by atoms with Crippen LogP contribution in [0.25, 0.3) is 0 Å². The first kappa shape index (κ1) is 12.9. The third kappa shape index (κ3) is 2.62. The zero-order chi connectivity index (χ0) is 13.2. The summed E-state index contributed by atoms with van der Waals surface area (Å²) in [6.45, 7) is 1.49. The number of halogens is 1. The van der Waals surface area contributed by atoms with Gasteiger partial charge in [0.05, 0.1) is 7.11 Å². The molecule has 3 rings (SSSR count). The zero-order valence-electron chi connectivity index (χ0n) is 11.5. The van der Waals surface area contributed by atoms with Gasteiger partial charge < -0.3 is 4.74 Å². The fourth-order valence-electron chi connectivity index (χ4n) is 3.53. The molecule has 0 radical (unpaired) electrons. The fraction of sp³-hybridized carbons (Fsp3) is 0.625. The molecule has 0 spiro atoms. The quantitative estimate of drug-likeness (QED) is 0.829. The molecule has 0 unspecified atom stereocenters. The number of hydrogen-bond donors (Lipinski definition) is 0. The maximum Gasteiger partial charge on any atom is 0.121 e. The van der Waals surface area contributed by atoms with Crippen molar-refractivity contribution < 1.29 is 9.13 Å². The van der Waals surface area contributed by atoms with Crippen LogP contribution in [-0.4, -0.2) is 37.3 Å². The van der Waals surface area contributed by atoms with Crippen LogP contribution in [0, 0.1) is 0 Å². The SMILES string of the molecule is COc1ccc([C@@H]2CN(C3CCCC3)C[C@@H]2F)cc1. The van der Waals surface area contributed by atoms with Crippen LogP contribution in [0.15, 0.2) is 24.3 Å². The number of rotatable bonds is 3. The van der Waals surface area contributed by atoms with Crippen molar-refractivity contribution in [1.29, 1.82) is 0 Å². The van der Waals surface area contributed by atoms with Crippen molar-refractivity contribution in [3.8, 4) is 5.75 Å². The lowest BCUT2D eigenvalue weighted by molar-refractivity contribution is 0.223. The molecule has 19 heavy (non-hydrogen) atoms. The van der Waals surface area contributed by atoms with Crippen molar-refractivity contribution in [1.82, 2.24) is 4.90 Å². The molecule has 1 heterocycles. The smallest absolute Gasteiger partial charge is 0.121 e. The molecule has 0 amide bonds. The topological polar surface area (TPSA) is 12.5 Å². The second-order valence-electron chi connectivity index (χ2n) is 5.79. The number of nitrogens with zero attached hydrogens (tertiary/aromatic N) is 1. The summed E-state index contributed by atoms with van der Waals surface area (Å²) in [6, 6.07) is 8.50. The molecule has 104 valence electrons. The maximum atomic E-state index is 14.3. The number of methoxy groups -OCH3 is 1. The summed E-state index contributed by atoms with van der Waals surface area (Å²) in [4.78, 5) is 2.37. The van der Waals surface area contributed by atoms with Crippen LogP contribution in [0.3, 0.4) is 0 Å². The predicted molar refractivity (Wildman–Crippen MR) is 74.5 cm³/mol. The third-order valence-corrected chi connectivity index (χ3v) is 4.66. The van der Waals surface area contributed by atoms with Crippen molar-refractivity contribution in [2.24, 2.45) is 0 Å². The van der Waals surface area contributed by atoms with Crippen LogP contribution >= 0.6 is 0 Å². The van der Waals surface area contributed by atoms with E-state index < -0.39 is 6.17 Å². The van der Waals surface area contributed by atoms with E-state index in [4.69, 9.17) is 4.74 Å². The Balaban J connectivity index is 1.70. The second kappa shape index (κ2) is 5.49. The molecule has 2 nitrogen and oxygen atoms in total. The summed E-state index contributed by atoms with van der Waals surface area (Å²) in [6.07, 6.45) is 4.40. The van der Waals surface area contributed by atoms with Gasteiger partial charge in [-0.15, -0.1) is 0 Å². The van der Waals surface area contributed by atoms with Crippen LogP contribution < -0.4 is 4.74 Å². The summed E-state index contributed by atoms with van der Waals surface area (Å²) in [5.74, 6) is 0.872. The minimum Gasteiger partial charge on any atom is -0.497 e. The first-order valence-corrected chi connectivity index (χ1v) is 7.30. The van der Waals surface area contributed by atoms with Gasteiger partial charge >= 0.3 is 0 Å². The lowest BCUT2D eigenvalue weighted by Crippen LogP contribution is -2.31. The highest BCUT2D eigenvalue weighted by Gasteiger charge is 2.37. The molecule has 0 aromatic heterocycles. The monoisotopic (exact) mass is 263 g/mol. The van der Waals surface area contributed by atoms with Gasteiger partial charge in [-0.1, -0.05) is 25.0 Å². The van der Waals surface area contributed by atoms with Gasteiger partial charge in [0.15, 0.2) is 0 Å². The lowest BCUT2D eigenvalue weighted by atomic mass is 9.97. The Labute approximate surface area is 114 Å². The summed E-state index contributed by atoms with van der Waals surface area (Å²) in [7, 11) is 1.66. The van der Waals surface area contributed by atoms with E-state index in [1.807, 2.05) is 24.3 Å². The number of ether oxygens (including phenoxy) is 1. The molecule has 0 bridgehead atoms. The Morgan fingerprint density at radius 2 is 1.79 bits per heavy atom. The predicted octanol–water partition coefficient (Wildman–Crippen LogP) is 3.38. The summed E-state index contributed by atoms with van der Waals surface area (Å²) in [5.41, 5.74) is 1.11. The summed E-state index contributed by atoms with van der Waals surface area (Å²) >= 11 is 0. The van der Waals surface area contributed by atoms with Gasteiger partial charge in [0.1, 0.15) is 11.9 Å². The molecule has 1 saturated carbocycles. The van der Waals surface area contributed by atoms with E-state index in [-0.39, 0.29) is 5.92 Å². The molecule has 2 atom stereocenters. The maximum absolute atomic E-state index is 14.3. The van der Waals surface area contributed by atoms with Crippen molar-refractivity contribution in [3.63, 3.8) is 0 Å². The normalized spacial score (nSPS) is 28.9. The van der Waals surface area contributed by atoms with E-state index >= 15 is 0 Å². The van der Waals surface area contributed by atoms with Gasteiger partial charge in [-0.25, -0.2) is 4.39 Å². The Morgan fingerprint density at radius 3 is 2.42 bits per heavy atom. The van der Waals surface area contributed by atoms with Crippen LogP contribution in [0.5, 0.6) is 5.75 Å². The number of alkyl halides is 1.